The van der Waals surface area contributed by atoms with E-state index in [9.17, 15) is 4.79 Å². The second-order valence-corrected chi connectivity index (χ2v) is 3.11. The lowest BCUT2D eigenvalue weighted by Gasteiger charge is -2.02. The highest BCUT2D eigenvalue weighted by Crippen LogP contribution is 2.10. The molecule has 0 saturated carbocycles. The number of carbonyl (C=O) groups is 1. The Kier molecular flexibility index (Phi) is 2.63. The Hall–Kier alpha value is -2.24. The molecule has 6 heteroatoms. The molecule has 0 aliphatic rings. The monoisotopic (exact) mass is 218 g/mol. The smallest absolute Gasteiger partial charge is 0.229 e. The number of aromatic nitrogens is 4. The van der Waals surface area contributed by atoms with Gasteiger partial charge in [0.25, 0.3) is 0 Å². The summed E-state index contributed by atoms with van der Waals surface area (Å²) in [5.74, 6) is 0.154. The molecule has 0 aliphatic carbocycles. The Morgan fingerprint density at radius 3 is 2.88 bits per heavy atom. The maximum atomic E-state index is 12.0. The Morgan fingerprint density at radius 1 is 1.44 bits per heavy atom. The lowest BCUT2D eigenvalue weighted by molar-refractivity contribution is 0.102. The summed E-state index contributed by atoms with van der Waals surface area (Å²) in [6, 6.07) is 3.13. The molecule has 0 aromatic carbocycles. The molecule has 16 heavy (non-hydrogen) atoms. The van der Waals surface area contributed by atoms with Crippen LogP contribution in [0.3, 0.4) is 0 Å². The van der Waals surface area contributed by atoms with Crippen LogP contribution in [0.15, 0.2) is 24.7 Å². The van der Waals surface area contributed by atoms with Crippen molar-refractivity contribution in [1.82, 2.24) is 19.7 Å². The molecule has 0 unspecified atom stereocenters. The molecule has 0 aliphatic heterocycles. The number of methoxy groups -OCH3 is 1. The number of ether oxygens (including phenoxy) is 1. The molecule has 0 radical (unpaired) electrons. The molecule has 2 aromatic heterocycles. The fourth-order valence-corrected chi connectivity index (χ4v) is 1.30. The summed E-state index contributed by atoms with van der Waals surface area (Å²) in [5.41, 5.74) is 0.760. The van der Waals surface area contributed by atoms with Gasteiger partial charge in [0.05, 0.1) is 7.11 Å². The van der Waals surface area contributed by atoms with Crippen molar-refractivity contribution in [2.75, 3.05) is 7.11 Å². The number of nitrogens with zero attached hydrogens (tertiary/aromatic N) is 4. The van der Waals surface area contributed by atoms with Crippen molar-refractivity contribution >= 4 is 5.78 Å². The van der Waals surface area contributed by atoms with Crippen LogP contribution in [0.2, 0.25) is 0 Å². The van der Waals surface area contributed by atoms with Crippen molar-refractivity contribution in [3.8, 4) is 5.88 Å². The number of hydrogen-bond donors (Lipinski definition) is 0. The predicted octanol–water partition coefficient (Wildman–Crippen LogP) is 0.450. The summed E-state index contributed by atoms with van der Waals surface area (Å²) in [7, 11) is 3.19. The quantitative estimate of drug-likeness (QED) is 0.699. The van der Waals surface area contributed by atoms with Gasteiger partial charge >= 0.3 is 0 Å². The number of ketones is 1. The van der Waals surface area contributed by atoms with Crippen LogP contribution in [0.25, 0.3) is 0 Å². The minimum atomic E-state index is -0.208. The summed E-state index contributed by atoms with van der Waals surface area (Å²) in [5, 5.41) is 3.93. The van der Waals surface area contributed by atoms with E-state index in [1.807, 2.05) is 0 Å². The van der Waals surface area contributed by atoms with Crippen LogP contribution >= 0.6 is 0 Å². The second kappa shape index (κ2) is 4.09. The second-order valence-electron chi connectivity index (χ2n) is 3.11. The van der Waals surface area contributed by atoms with Crippen LogP contribution in [0.5, 0.6) is 5.88 Å². The molecule has 2 aromatic rings. The van der Waals surface area contributed by atoms with Crippen molar-refractivity contribution in [3.05, 3.63) is 36.0 Å². The summed E-state index contributed by atoms with van der Waals surface area (Å²) >= 11 is 0. The van der Waals surface area contributed by atoms with E-state index in [4.69, 9.17) is 4.74 Å². The first-order chi connectivity index (χ1) is 7.72. The fraction of sp³-hybridized carbons (Fsp3) is 0.200. The number of carbonyl (C=O) groups excluding carboxylic acids is 1. The van der Waals surface area contributed by atoms with E-state index >= 15 is 0 Å². The zero-order valence-corrected chi connectivity index (χ0v) is 8.91. The van der Waals surface area contributed by atoms with E-state index in [0.29, 0.717) is 11.6 Å². The lowest BCUT2D eigenvalue weighted by atomic mass is 10.2. The molecule has 2 heterocycles. The number of rotatable bonds is 3. The van der Waals surface area contributed by atoms with Crippen LogP contribution in [0.4, 0.5) is 0 Å². The van der Waals surface area contributed by atoms with Gasteiger partial charge in [-0.25, -0.2) is 9.97 Å². The molecule has 2 rings (SSSR count). The maximum absolute atomic E-state index is 12.0. The zero-order valence-electron chi connectivity index (χ0n) is 8.91. The van der Waals surface area contributed by atoms with Gasteiger partial charge in [0.1, 0.15) is 17.7 Å². The Balaban J connectivity index is 2.38. The summed E-state index contributed by atoms with van der Waals surface area (Å²) in [6.07, 6.45) is 2.86. The number of aryl methyl sites for hydroxylation is 1. The van der Waals surface area contributed by atoms with E-state index in [2.05, 4.69) is 15.1 Å². The average Bonchev–Trinajstić information content (AvgIpc) is 2.74. The van der Waals surface area contributed by atoms with E-state index in [1.165, 1.54) is 24.2 Å². The molecule has 0 spiro atoms. The largest absolute Gasteiger partial charge is 0.481 e. The summed E-state index contributed by atoms with van der Waals surface area (Å²) in [4.78, 5) is 19.7. The third kappa shape index (κ3) is 1.77. The fourth-order valence-electron chi connectivity index (χ4n) is 1.30. The maximum Gasteiger partial charge on any atom is 0.229 e. The molecule has 0 saturated heterocycles. The molecule has 6 nitrogen and oxygen atoms in total. The molecule has 0 amide bonds. The van der Waals surface area contributed by atoms with Gasteiger partial charge in [-0.05, 0) is 6.07 Å². The lowest BCUT2D eigenvalue weighted by Crippen LogP contribution is -2.10. The van der Waals surface area contributed by atoms with E-state index < -0.39 is 0 Å². The molecule has 0 N–H and O–H groups in total. The first kappa shape index (κ1) is 10.3. The van der Waals surface area contributed by atoms with Crippen LogP contribution in [0, 0.1) is 0 Å². The van der Waals surface area contributed by atoms with Gasteiger partial charge in [-0.2, -0.15) is 5.10 Å². The van der Waals surface area contributed by atoms with E-state index in [0.717, 1.165) is 0 Å². The minimum Gasteiger partial charge on any atom is -0.481 e. The summed E-state index contributed by atoms with van der Waals surface area (Å²) < 4.78 is 6.42. The number of hydrogen-bond acceptors (Lipinski definition) is 5. The Labute approximate surface area is 91.9 Å². The summed E-state index contributed by atoms with van der Waals surface area (Å²) in [6.45, 7) is 0. The first-order valence-electron chi connectivity index (χ1n) is 4.61. The van der Waals surface area contributed by atoms with Gasteiger partial charge in [0, 0.05) is 19.3 Å². The zero-order chi connectivity index (χ0) is 11.5. The normalized spacial score (nSPS) is 10.1. The molecule has 0 fully saturated rings. The third-order valence-electron chi connectivity index (χ3n) is 2.14. The molecule has 82 valence electrons. The Morgan fingerprint density at radius 2 is 2.25 bits per heavy atom. The molecular weight excluding hydrogens is 208 g/mol. The van der Waals surface area contributed by atoms with Crippen LogP contribution in [-0.2, 0) is 7.05 Å². The topological polar surface area (TPSA) is 69.9 Å². The third-order valence-corrected chi connectivity index (χ3v) is 2.14. The van der Waals surface area contributed by atoms with Crippen molar-refractivity contribution < 1.29 is 9.53 Å². The highest BCUT2D eigenvalue weighted by atomic mass is 16.5. The average molecular weight is 218 g/mol. The van der Waals surface area contributed by atoms with Crippen molar-refractivity contribution in [2.45, 2.75) is 0 Å². The van der Waals surface area contributed by atoms with Crippen LogP contribution in [0.1, 0.15) is 16.2 Å². The van der Waals surface area contributed by atoms with Gasteiger partial charge in [0.15, 0.2) is 0 Å². The standard InChI is InChI=1S/C10H10N4O2/c1-14-8(3-4-13-14)10(15)7-5-9(16-2)12-6-11-7/h3-6H,1-2H3. The van der Waals surface area contributed by atoms with Crippen LogP contribution in [-0.4, -0.2) is 32.6 Å². The van der Waals surface area contributed by atoms with Crippen LogP contribution < -0.4 is 4.74 Å². The molecule has 0 atom stereocenters. The van der Waals surface area contributed by atoms with E-state index in [1.54, 1.807) is 19.3 Å². The van der Waals surface area contributed by atoms with Gasteiger partial charge in [0.2, 0.25) is 11.7 Å². The van der Waals surface area contributed by atoms with Crippen molar-refractivity contribution in [1.29, 1.82) is 0 Å². The highest BCUT2D eigenvalue weighted by molar-refractivity contribution is 6.06. The minimum absolute atomic E-state index is 0.208. The van der Waals surface area contributed by atoms with Gasteiger partial charge < -0.3 is 4.74 Å². The van der Waals surface area contributed by atoms with Gasteiger partial charge in [-0.15, -0.1) is 0 Å². The predicted molar refractivity (Wildman–Crippen MR) is 55.2 cm³/mol. The SMILES string of the molecule is COc1cc(C(=O)c2ccnn2C)ncn1. The highest BCUT2D eigenvalue weighted by Gasteiger charge is 2.14. The molecule has 0 bridgehead atoms. The van der Waals surface area contributed by atoms with Crippen molar-refractivity contribution in [3.63, 3.8) is 0 Å². The van der Waals surface area contributed by atoms with Gasteiger partial charge in [-0.1, -0.05) is 0 Å². The molecular formula is C10H10N4O2. The van der Waals surface area contributed by atoms with E-state index in [-0.39, 0.29) is 11.5 Å². The van der Waals surface area contributed by atoms with Crippen molar-refractivity contribution in [2.24, 2.45) is 7.05 Å². The van der Waals surface area contributed by atoms with Gasteiger partial charge in [-0.3, -0.25) is 9.48 Å². The first-order valence-corrected chi connectivity index (χ1v) is 4.61. The Bertz CT molecular complexity index is 521.